The van der Waals surface area contributed by atoms with Crippen molar-refractivity contribution >= 4 is 16.8 Å². The van der Waals surface area contributed by atoms with Crippen molar-refractivity contribution in [2.75, 3.05) is 11.9 Å². The van der Waals surface area contributed by atoms with E-state index >= 15 is 0 Å². The smallest absolute Gasteiger partial charge is 0.228 e. The first-order chi connectivity index (χ1) is 9.40. The summed E-state index contributed by atoms with van der Waals surface area (Å²) < 4.78 is 5.50. The predicted octanol–water partition coefficient (Wildman–Crippen LogP) is 4.31. The molecule has 1 N–H and O–H groups in total. The van der Waals surface area contributed by atoms with Gasteiger partial charge in [-0.25, -0.2) is 4.98 Å². The second-order valence-corrected chi connectivity index (χ2v) is 5.39. The van der Waals surface area contributed by atoms with Gasteiger partial charge in [-0.15, -0.1) is 0 Å². The minimum atomic E-state index is 0.790. The molecular formula is C16H22N2O. The van der Waals surface area contributed by atoms with E-state index in [2.05, 4.69) is 17.2 Å². The van der Waals surface area contributed by atoms with Gasteiger partial charge in [0, 0.05) is 12.2 Å². The Morgan fingerprint density at radius 2 is 2.16 bits per heavy atom. The van der Waals surface area contributed by atoms with Gasteiger partial charge in [0.25, 0.3) is 0 Å². The van der Waals surface area contributed by atoms with Crippen molar-refractivity contribution < 1.29 is 4.42 Å². The number of hydrogen-bond donors (Lipinski definition) is 1. The number of nitrogens with zero attached hydrogens (tertiary/aromatic N) is 1. The lowest BCUT2D eigenvalue weighted by Gasteiger charge is -2.20. The van der Waals surface area contributed by atoms with Gasteiger partial charge in [0.15, 0.2) is 0 Å². The topological polar surface area (TPSA) is 38.1 Å². The van der Waals surface area contributed by atoms with Crippen LogP contribution in [0.5, 0.6) is 0 Å². The second-order valence-electron chi connectivity index (χ2n) is 5.39. The molecule has 0 radical (unpaired) electrons. The molecule has 2 heterocycles. The molecule has 0 spiro atoms. The van der Waals surface area contributed by atoms with Crippen LogP contribution in [0, 0.1) is 0 Å². The summed E-state index contributed by atoms with van der Waals surface area (Å²) in [6, 6.07) is 2.04. The van der Waals surface area contributed by atoms with Gasteiger partial charge in [-0.1, -0.05) is 19.8 Å². The van der Waals surface area contributed by atoms with Crippen molar-refractivity contribution in [3.8, 4) is 0 Å². The number of hydrogen-bond acceptors (Lipinski definition) is 3. The summed E-state index contributed by atoms with van der Waals surface area (Å²) in [5, 5.41) is 4.79. The normalized spacial score (nSPS) is 14.6. The molecule has 1 aliphatic carbocycles. The Labute approximate surface area is 114 Å². The minimum Gasteiger partial charge on any atom is -0.446 e. The summed E-state index contributed by atoms with van der Waals surface area (Å²) in [7, 11) is 0. The quantitative estimate of drug-likeness (QED) is 0.812. The number of aromatic nitrogens is 1. The first-order valence-electron chi connectivity index (χ1n) is 7.53. The Kier molecular flexibility index (Phi) is 3.72. The number of fused-ring (bicyclic) bond motifs is 2. The fourth-order valence-corrected chi connectivity index (χ4v) is 2.94. The Bertz CT molecular complexity index is 559. The number of nitrogens with one attached hydrogen (secondary N) is 1. The summed E-state index contributed by atoms with van der Waals surface area (Å²) in [5.74, 6) is 0. The zero-order valence-corrected chi connectivity index (χ0v) is 11.7. The van der Waals surface area contributed by atoms with Crippen LogP contribution in [-0.2, 0) is 12.8 Å². The summed E-state index contributed by atoms with van der Waals surface area (Å²) in [6.07, 6.45) is 10.3. The van der Waals surface area contributed by atoms with E-state index in [1.807, 2.05) is 6.07 Å². The molecule has 3 heteroatoms. The van der Waals surface area contributed by atoms with Crippen LogP contribution in [0.3, 0.4) is 0 Å². The van der Waals surface area contributed by atoms with E-state index in [4.69, 9.17) is 4.42 Å². The van der Waals surface area contributed by atoms with Crippen molar-refractivity contribution in [3.05, 3.63) is 23.6 Å². The monoisotopic (exact) mass is 258 g/mol. The third kappa shape index (κ3) is 2.46. The molecule has 0 atom stereocenters. The molecule has 19 heavy (non-hydrogen) atoms. The summed E-state index contributed by atoms with van der Waals surface area (Å²) in [6.45, 7) is 3.28. The second kappa shape index (κ2) is 5.64. The number of rotatable bonds is 5. The van der Waals surface area contributed by atoms with Gasteiger partial charge in [0.05, 0.1) is 17.3 Å². The van der Waals surface area contributed by atoms with Crippen LogP contribution in [-0.4, -0.2) is 11.5 Å². The average molecular weight is 258 g/mol. The van der Waals surface area contributed by atoms with Crippen molar-refractivity contribution in [1.29, 1.82) is 0 Å². The Balaban J connectivity index is 1.92. The van der Waals surface area contributed by atoms with E-state index < -0.39 is 0 Å². The fourth-order valence-electron chi connectivity index (χ4n) is 2.94. The first kappa shape index (κ1) is 12.5. The van der Waals surface area contributed by atoms with E-state index in [0.717, 1.165) is 30.5 Å². The van der Waals surface area contributed by atoms with Crippen LogP contribution in [0.15, 0.2) is 16.7 Å². The molecule has 0 saturated carbocycles. The highest BCUT2D eigenvalue weighted by Gasteiger charge is 2.19. The van der Waals surface area contributed by atoms with Crippen molar-refractivity contribution in [3.63, 3.8) is 0 Å². The molecule has 3 nitrogen and oxygen atoms in total. The molecule has 3 rings (SSSR count). The van der Waals surface area contributed by atoms with Gasteiger partial charge < -0.3 is 9.73 Å². The highest BCUT2D eigenvalue weighted by atomic mass is 16.3. The molecule has 0 bridgehead atoms. The van der Waals surface area contributed by atoms with E-state index in [-0.39, 0.29) is 0 Å². The molecule has 1 aliphatic rings. The molecule has 0 unspecified atom stereocenters. The average Bonchev–Trinajstić information content (AvgIpc) is 2.90. The van der Waals surface area contributed by atoms with E-state index in [0.29, 0.717) is 0 Å². The molecule has 2 aromatic heterocycles. The Hall–Kier alpha value is -1.51. The lowest BCUT2D eigenvalue weighted by atomic mass is 9.93. The van der Waals surface area contributed by atoms with Crippen LogP contribution < -0.4 is 5.32 Å². The van der Waals surface area contributed by atoms with Crippen LogP contribution in [0.1, 0.15) is 50.3 Å². The predicted molar refractivity (Wildman–Crippen MR) is 78.7 cm³/mol. The molecule has 0 aliphatic heterocycles. The molecular weight excluding hydrogens is 236 g/mol. The first-order valence-corrected chi connectivity index (χ1v) is 7.53. The largest absolute Gasteiger partial charge is 0.446 e. The number of furan rings is 1. The maximum atomic E-state index is 5.50. The van der Waals surface area contributed by atoms with Gasteiger partial charge >= 0.3 is 0 Å². The number of aryl methyl sites for hydroxylation is 1. The summed E-state index contributed by atoms with van der Waals surface area (Å²) in [4.78, 5) is 4.67. The minimum absolute atomic E-state index is 0.790. The maximum absolute atomic E-state index is 5.50. The highest BCUT2D eigenvalue weighted by Crippen LogP contribution is 2.33. The molecule has 0 saturated heterocycles. The van der Waals surface area contributed by atoms with Crippen molar-refractivity contribution in [1.82, 2.24) is 4.98 Å². The molecule has 0 amide bonds. The van der Waals surface area contributed by atoms with Gasteiger partial charge in [-0.05, 0) is 43.7 Å². The number of pyridine rings is 1. The van der Waals surface area contributed by atoms with Crippen LogP contribution in [0.25, 0.3) is 11.1 Å². The molecule has 0 aromatic carbocycles. The summed E-state index contributed by atoms with van der Waals surface area (Å²) >= 11 is 0. The summed E-state index contributed by atoms with van der Waals surface area (Å²) in [5.41, 5.74) is 4.74. The maximum Gasteiger partial charge on any atom is 0.228 e. The lowest BCUT2D eigenvalue weighted by molar-refractivity contribution is 0.594. The molecule has 102 valence electrons. The number of anilines is 1. The fraction of sp³-hybridized carbons (Fsp3) is 0.562. The number of unbranched alkanes of at least 4 members (excludes halogenated alkanes) is 2. The molecule has 0 fully saturated rings. The standard InChI is InChI=1S/C16H22N2O/c1-2-3-6-10-17-15-12-7-4-5-8-14(12)18-16-13(15)9-11-19-16/h9,11H,2-8,10H2,1H3,(H,17,18). The highest BCUT2D eigenvalue weighted by molar-refractivity contribution is 5.90. The van der Waals surface area contributed by atoms with Gasteiger partial charge in [-0.2, -0.15) is 0 Å². The van der Waals surface area contributed by atoms with Crippen LogP contribution in [0.2, 0.25) is 0 Å². The Morgan fingerprint density at radius 1 is 1.26 bits per heavy atom. The molecule has 2 aromatic rings. The SMILES string of the molecule is CCCCCNc1c2c(nc3occc13)CCCC2. The lowest BCUT2D eigenvalue weighted by Crippen LogP contribution is -2.11. The zero-order chi connectivity index (χ0) is 13.1. The third-order valence-corrected chi connectivity index (χ3v) is 3.97. The van der Waals surface area contributed by atoms with E-state index in [1.165, 1.54) is 49.0 Å². The third-order valence-electron chi connectivity index (χ3n) is 3.97. The van der Waals surface area contributed by atoms with Crippen LogP contribution in [0.4, 0.5) is 5.69 Å². The van der Waals surface area contributed by atoms with Gasteiger partial charge in [-0.3, -0.25) is 0 Å². The van der Waals surface area contributed by atoms with E-state index in [1.54, 1.807) is 6.26 Å². The Morgan fingerprint density at radius 3 is 3.05 bits per heavy atom. The van der Waals surface area contributed by atoms with Gasteiger partial charge in [0.1, 0.15) is 0 Å². The van der Waals surface area contributed by atoms with Crippen molar-refractivity contribution in [2.45, 2.75) is 51.9 Å². The zero-order valence-electron chi connectivity index (χ0n) is 11.7. The van der Waals surface area contributed by atoms with E-state index in [9.17, 15) is 0 Å². The van der Waals surface area contributed by atoms with Crippen LogP contribution >= 0.6 is 0 Å². The van der Waals surface area contributed by atoms with Gasteiger partial charge in [0.2, 0.25) is 5.71 Å². The van der Waals surface area contributed by atoms with Crippen molar-refractivity contribution in [2.24, 2.45) is 0 Å².